The Morgan fingerprint density at radius 2 is 1.86 bits per heavy atom. The van der Waals surface area contributed by atoms with E-state index in [0.717, 1.165) is 10.5 Å². The van der Waals surface area contributed by atoms with Crippen molar-refractivity contribution in [2.45, 2.75) is 13.8 Å². The average Bonchev–Trinajstić information content (AvgIpc) is 3.08. The van der Waals surface area contributed by atoms with Crippen LogP contribution in [0.15, 0.2) is 41.9 Å². The summed E-state index contributed by atoms with van der Waals surface area (Å²) in [4.78, 5) is 5.39. The molecule has 7 heteroatoms. The molecule has 0 N–H and O–H groups in total. The Morgan fingerprint density at radius 1 is 1.18 bits per heavy atom. The molecule has 5 nitrogen and oxygen atoms in total. The van der Waals surface area contributed by atoms with Crippen molar-refractivity contribution >= 4 is 29.3 Å². The first kappa shape index (κ1) is 15.4. The molecule has 0 aliphatic carbocycles. The summed E-state index contributed by atoms with van der Waals surface area (Å²) in [6.45, 7) is 4.23. The van der Waals surface area contributed by atoms with Crippen LogP contribution in [0.25, 0.3) is 16.2 Å². The van der Waals surface area contributed by atoms with Gasteiger partial charge >= 0.3 is 7.60 Å². The van der Waals surface area contributed by atoms with E-state index in [1.165, 1.54) is 11.3 Å². The molecule has 0 unspecified atom stereocenters. The zero-order valence-electron chi connectivity index (χ0n) is 12.4. The highest BCUT2D eigenvalue weighted by Gasteiger charge is 2.35. The summed E-state index contributed by atoms with van der Waals surface area (Å²) in [7, 11) is -3.43. The van der Waals surface area contributed by atoms with Crippen LogP contribution in [-0.2, 0) is 13.6 Å². The molecule has 0 amide bonds. The summed E-state index contributed by atoms with van der Waals surface area (Å²) < 4.78 is 26.1. The molecule has 1 aromatic carbocycles. The van der Waals surface area contributed by atoms with Gasteiger partial charge in [-0.05, 0) is 13.8 Å². The lowest BCUT2D eigenvalue weighted by molar-refractivity contribution is 0.229. The van der Waals surface area contributed by atoms with Crippen LogP contribution in [0.3, 0.4) is 0 Å². The van der Waals surface area contributed by atoms with Crippen molar-refractivity contribution in [3.63, 3.8) is 0 Å². The number of fused-ring (bicyclic) bond motifs is 1. The van der Waals surface area contributed by atoms with E-state index in [9.17, 15) is 4.57 Å². The average molecular weight is 336 g/mol. The van der Waals surface area contributed by atoms with Crippen molar-refractivity contribution < 1.29 is 13.6 Å². The number of nitrogens with zero attached hydrogens (tertiary/aromatic N) is 2. The fourth-order valence-electron chi connectivity index (χ4n) is 2.32. The number of benzene rings is 1. The van der Waals surface area contributed by atoms with Gasteiger partial charge in [0.05, 0.1) is 13.2 Å². The highest BCUT2D eigenvalue weighted by molar-refractivity contribution is 7.62. The number of hydrogen-bond donors (Lipinski definition) is 0. The summed E-state index contributed by atoms with van der Waals surface area (Å²) >= 11 is 1.49. The van der Waals surface area contributed by atoms with Crippen molar-refractivity contribution in [1.82, 2.24) is 9.38 Å². The second kappa shape index (κ2) is 6.34. The van der Waals surface area contributed by atoms with E-state index in [1.807, 2.05) is 41.9 Å². The monoisotopic (exact) mass is 336 g/mol. The SMILES string of the molecule is CCOP(=O)(OCC)c1c(-c2ccccc2)nc2sccn12. The Labute approximate surface area is 133 Å². The molecule has 3 aromatic rings. The Kier molecular flexibility index (Phi) is 4.45. The normalized spacial score (nSPS) is 12.1. The maximum atomic E-state index is 13.3. The lowest BCUT2D eigenvalue weighted by Gasteiger charge is -2.17. The number of hydrogen-bond acceptors (Lipinski definition) is 5. The van der Waals surface area contributed by atoms with Crippen LogP contribution in [0.4, 0.5) is 0 Å². The molecule has 2 heterocycles. The van der Waals surface area contributed by atoms with E-state index >= 15 is 0 Å². The molecule has 0 saturated heterocycles. The maximum Gasteiger partial charge on any atom is 0.380 e. The molecule has 0 aliphatic rings. The van der Waals surface area contributed by atoms with Crippen LogP contribution in [0.2, 0.25) is 0 Å². The maximum absolute atomic E-state index is 13.3. The molecule has 0 spiro atoms. The van der Waals surface area contributed by atoms with Gasteiger partial charge in [0.1, 0.15) is 5.69 Å². The fourth-order valence-corrected chi connectivity index (χ4v) is 4.97. The third kappa shape index (κ3) is 2.63. The molecule has 22 heavy (non-hydrogen) atoms. The zero-order valence-corrected chi connectivity index (χ0v) is 14.1. The van der Waals surface area contributed by atoms with Crippen LogP contribution in [0.5, 0.6) is 0 Å². The molecule has 0 fully saturated rings. The molecule has 0 saturated carbocycles. The van der Waals surface area contributed by atoms with E-state index in [0.29, 0.717) is 24.3 Å². The van der Waals surface area contributed by atoms with Crippen LogP contribution in [0.1, 0.15) is 13.8 Å². The summed E-state index contributed by atoms with van der Waals surface area (Å²) in [5.41, 5.74) is 2.05. The number of imidazole rings is 1. The lowest BCUT2D eigenvalue weighted by atomic mass is 10.2. The molecule has 0 aliphatic heterocycles. The number of aromatic nitrogens is 2. The fraction of sp³-hybridized carbons (Fsp3) is 0.267. The smallest absolute Gasteiger partial charge is 0.304 e. The Hall–Kier alpha value is -1.46. The van der Waals surface area contributed by atoms with Gasteiger partial charge in [-0.1, -0.05) is 30.3 Å². The molecule has 0 radical (unpaired) electrons. The van der Waals surface area contributed by atoms with Gasteiger partial charge in [0.15, 0.2) is 10.4 Å². The first-order chi connectivity index (χ1) is 10.7. The van der Waals surface area contributed by atoms with E-state index in [4.69, 9.17) is 9.05 Å². The predicted octanol–water partition coefficient (Wildman–Crippen LogP) is 3.95. The summed E-state index contributed by atoms with van der Waals surface area (Å²) in [5.74, 6) is 0. The predicted molar refractivity (Wildman–Crippen MR) is 89.0 cm³/mol. The Bertz CT molecular complexity index is 803. The highest BCUT2D eigenvalue weighted by atomic mass is 32.1. The molecule has 0 bridgehead atoms. The Balaban J connectivity index is 2.26. The van der Waals surface area contributed by atoms with Crippen LogP contribution in [0, 0.1) is 0 Å². The van der Waals surface area contributed by atoms with Crippen molar-refractivity contribution in [3.8, 4) is 11.3 Å². The second-order valence-electron chi connectivity index (χ2n) is 4.54. The van der Waals surface area contributed by atoms with Gasteiger partial charge in [-0.25, -0.2) is 4.98 Å². The minimum atomic E-state index is -3.43. The summed E-state index contributed by atoms with van der Waals surface area (Å²) in [6.07, 6.45) is 1.85. The van der Waals surface area contributed by atoms with Gasteiger partial charge in [-0.15, -0.1) is 11.3 Å². The second-order valence-corrected chi connectivity index (χ2v) is 7.35. The van der Waals surface area contributed by atoms with Crippen LogP contribution in [-0.4, -0.2) is 22.6 Å². The number of thiazole rings is 1. The van der Waals surface area contributed by atoms with Gasteiger partial charge in [-0.2, -0.15) is 0 Å². The van der Waals surface area contributed by atoms with Gasteiger partial charge in [-0.3, -0.25) is 8.97 Å². The van der Waals surface area contributed by atoms with Crippen molar-refractivity contribution in [1.29, 1.82) is 0 Å². The van der Waals surface area contributed by atoms with Crippen LogP contribution >= 0.6 is 18.9 Å². The number of rotatable bonds is 6. The highest BCUT2D eigenvalue weighted by Crippen LogP contribution is 2.49. The van der Waals surface area contributed by atoms with Gasteiger partial charge in [0, 0.05) is 17.1 Å². The first-order valence-corrected chi connectivity index (χ1v) is 9.52. The Morgan fingerprint density at radius 3 is 2.50 bits per heavy atom. The van der Waals surface area contributed by atoms with Crippen LogP contribution < -0.4 is 5.44 Å². The molecule has 116 valence electrons. The third-order valence-electron chi connectivity index (χ3n) is 3.14. The standard InChI is InChI=1S/C15H17N2O3PS/c1-3-19-21(18,20-4-2)14-13(12-8-6-5-7-9-12)16-15-17(14)10-11-22-15/h5-11H,3-4H2,1-2H3. The summed E-state index contributed by atoms with van der Waals surface area (Å²) in [5, 5.41) is 1.91. The van der Waals surface area contributed by atoms with E-state index in [-0.39, 0.29) is 0 Å². The van der Waals surface area contributed by atoms with E-state index in [1.54, 1.807) is 18.2 Å². The minimum Gasteiger partial charge on any atom is -0.304 e. The topological polar surface area (TPSA) is 52.8 Å². The van der Waals surface area contributed by atoms with E-state index < -0.39 is 7.60 Å². The molecule has 0 atom stereocenters. The van der Waals surface area contributed by atoms with Crippen molar-refractivity contribution in [2.24, 2.45) is 0 Å². The largest absolute Gasteiger partial charge is 0.380 e. The molecular weight excluding hydrogens is 319 g/mol. The minimum absolute atomic E-state index is 0.308. The third-order valence-corrected chi connectivity index (χ3v) is 6.04. The molecular formula is C15H17N2O3PS. The van der Waals surface area contributed by atoms with Crippen molar-refractivity contribution in [2.75, 3.05) is 13.2 Å². The molecule has 2 aromatic heterocycles. The lowest BCUT2D eigenvalue weighted by Crippen LogP contribution is -2.17. The molecule has 3 rings (SSSR count). The first-order valence-electron chi connectivity index (χ1n) is 7.10. The van der Waals surface area contributed by atoms with Gasteiger partial charge in [0.25, 0.3) is 0 Å². The quantitative estimate of drug-likeness (QED) is 0.640. The van der Waals surface area contributed by atoms with E-state index in [2.05, 4.69) is 4.98 Å². The van der Waals surface area contributed by atoms with Gasteiger partial charge in [0.2, 0.25) is 0 Å². The van der Waals surface area contributed by atoms with Crippen molar-refractivity contribution in [3.05, 3.63) is 41.9 Å². The zero-order chi connectivity index (χ0) is 15.6. The van der Waals surface area contributed by atoms with Gasteiger partial charge < -0.3 is 9.05 Å². The summed E-state index contributed by atoms with van der Waals surface area (Å²) in [6, 6.07) is 9.68.